The third kappa shape index (κ3) is 2.81. The highest BCUT2D eigenvalue weighted by Gasteiger charge is 2.31. The fourth-order valence-electron chi connectivity index (χ4n) is 3.18. The number of aryl methyl sites for hydroxylation is 1. The summed E-state index contributed by atoms with van der Waals surface area (Å²) in [5, 5.41) is 14.0. The van der Waals surface area contributed by atoms with Crippen LogP contribution in [0.2, 0.25) is 0 Å². The van der Waals surface area contributed by atoms with E-state index < -0.39 is 6.10 Å². The summed E-state index contributed by atoms with van der Waals surface area (Å²) in [5.74, 6) is -0.323. The van der Waals surface area contributed by atoms with Gasteiger partial charge >= 0.3 is 0 Å². The topological polar surface area (TPSA) is 54.3 Å². The van der Waals surface area contributed by atoms with E-state index in [0.717, 1.165) is 43.4 Å². The first-order valence-corrected chi connectivity index (χ1v) is 7.77. The van der Waals surface area contributed by atoms with Crippen LogP contribution in [0.25, 0.3) is 10.9 Å². The Kier molecular flexibility index (Phi) is 3.97. The normalized spacial score (nSPS) is 21.8. The van der Waals surface area contributed by atoms with Gasteiger partial charge in [-0.25, -0.2) is 0 Å². The van der Waals surface area contributed by atoms with Crippen LogP contribution in [-0.2, 0) is 11.3 Å². The number of nitrogens with zero attached hydrogens (tertiary/aromatic N) is 1. The number of aliphatic hydroxyl groups is 1. The maximum Gasteiger partial charge on any atom is 0.230 e. The van der Waals surface area contributed by atoms with Crippen LogP contribution < -0.4 is 5.32 Å². The smallest absolute Gasteiger partial charge is 0.230 e. The van der Waals surface area contributed by atoms with Gasteiger partial charge in [-0.3, -0.25) is 4.79 Å². The van der Waals surface area contributed by atoms with Gasteiger partial charge in [-0.05, 0) is 49.3 Å². The molecule has 2 atom stereocenters. The van der Waals surface area contributed by atoms with Crippen LogP contribution >= 0.6 is 0 Å². The van der Waals surface area contributed by atoms with Crippen molar-refractivity contribution < 1.29 is 9.90 Å². The van der Waals surface area contributed by atoms with Gasteiger partial charge in [-0.1, -0.05) is 13.0 Å². The summed E-state index contributed by atoms with van der Waals surface area (Å²) in [7, 11) is 0. The molecule has 1 heterocycles. The highest BCUT2D eigenvalue weighted by Crippen LogP contribution is 2.27. The van der Waals surface area contributed by atoms with Gasteiger partial charge in [0.25, 0.3) is 0 Å². The van der Waals surface area contributed by atoms with E-state index in [0.29, 0.717) is 0 Å². The van der Waals surface area contributed by atoms with Gasteiger partial charge < -0.3 is 15.0 Å². The molecule has 2 aromatic rings. The quantitative estimate of drug-likeness (QED) is 0.907. The minimum absolute atomic E-state index is 0.0621. The van der Waals surface area contributed by atoms with Gasteiger partial charge in [0.1, 0.15) is 0 Å². The highest BCUT2D eigenvalue weighted by atomic mass is 16.3. The first-order chi connectivity index (χ1) is 10.2. The molecular formula is C17H22N2O2. The summed E-state index contributed by atoms with van der Waals surface area (Å²) in [6.07, 6.45) is 5.11. The number of benzene rings is 1. The molecule has 1 saturated carbocycles. The molecule has 0 spiro atoms. The molecule has 0 bridgehead atoms. The predicted octanol–water partition coefficient (Wildman–Crippen LogP) is 3.15. The van der Waals surface area contributed by atoms with Crippen molar-refractivity contribution in [1.82, 2.24) is 4.57 Å². The molecule has 21 heavy (non-hydrogen) atoms. The second-order valence-corrected chi connectivity index (χ2v) is 5.88. The Hall–Kier alpha value is -1.81. The number of aromatic nitrogens is 1. The Morgan fingerprint density at radius 1 is 1.38 bits per heavy atom. The van der Waals surface area contributed by atoms with E-state index in [1.165, 1.54) is 5.39 Å². The fourth-order valence-corrected chi connectivity index (χ4v) is 3.18. The number of fused-ring (bicyclic) bond motifs is 1. The molecule has 1 aliphatic carbocycles. The third-order valence-electron chi connectivity index (χ3n) is 4.32. The standard InChI is InChI=1S/C17H22N2O2/c1-2-9-19-10-8-12-6-7-13(11-15(12)19)18-17(21)14-4-3-5-16(14)20/h6-8,10-11,14,16,20H,2-5,9H2,1H3,(H,18,21). The van der Waals surface area contributed by atoms with Crippen molar-refractivity contribution in [3.05, 3.63) is 30.5 Å². The van der Waals surface area contributed by atoms with Crippen LogP contribution in [-0.4, -0.2) is 21.7 Å². The Bertz CT molecular complexity index is 647. The zero-order valence-electron chi connectivity index (χ0n) is 12.4. The Morgan fingerprint density at radius 3 is 2.95 bits per heavy atom. The van der Waals surface area contributed by atoms with Crippen LogP contribution in [0.1, 0.15) is 32.6 Å². The highest BCUT2D eigenvalue weighted by molar-refractivity contribution is 5.95. The maximum absolute atomic E-state index is 12.2. The second-order valence-electron chi connectivity index (χ2n) is 5.88. The molecule has 0 saturated heterocycles. The lowest BCUT2D eigenvalue weighted by atomic mass is 10.1. The summed E-state index contributed by atoms with van der Waals surface area (Å²) in [5.41, 5.74) is 1.95. The lowest BCUT2D eigenvalue weighted by Gasteiger charge is -2.14. The summed E-state index contributed by atoms with van der Waals surface area (Å²) < 4.78 is 2.20. The Balaban J connectivity index is 1.80. The first-order valence-electron chi connectivity index (χ1n) is 7.77. The van der Waals surface area contributed by atoms with E-state index in [1.807, 2.05) is 18.2 Å². The van der Waals surface area contributed by atoms with Crippen LogP contribution in [0.4, 0.5) is 5.69 Å². The first kappa shape index (κ1) is 14.1. The van der Waals surface area contributed by atoms with Crippen molar-refractivity contribution >= 4 is 22.5 Å². The second kappa shape index (κ2) is 5.90. The summed E-state index contributed by atoms with van der Waals surface area (Å²) in [6, 6.07) is 8.07. The van der Waals surface area contributed by atoms with Crippen molar-refractivity contribution in [2.24, 2.45) is 5.92 Å². The number of carbonyl (C=O) groups excluding carboxylic acids is 1. The summed E-state index contributed by atoms with van der Waals surface area (Å²) in [4.78, 5) is 12.2. The van der Waals surface area contributed by atoms with E-state index in [2.05, 4.69) is 29.1 Å². The number of nitrogens with one attached hydrogen (secondary N) is 1. The SMILES string of the molecule is CCCn1ccc2ccc(NC(=O)C3CCCC3O)cc21. The van der Waals surface area contributed by atoms with E-state index in [4.69, 9.17) is 0 Å². The van der Waals surface area contributed by atoms with E-state index in [-0.39, 0.29) is 11.8 Å². The average Bonchev–Trinajstić information content (AvgIpc) is 3.06. The van der Waals surface area contributed by atoms with E-state index in [9.17, 15) is 9.90 Å². The molecule has 0 radical (unpaired) electrons. The van der Waals surface area contributed by atoms with Crippen molar-refractivity contribution in [3.8, 4) is 0 Å². The molecule has 1 aliphatic rings. The lowest BCUT2D eigenvalue weighted by molar-refractivity contribution is -0.122. The van der Waals surface area contributed by atoms with Crippen molar-refractivity contribution in [1.29, 1.82) is 0 Å². The number of hydrogen-bond donors (Lipinski definition) is 2. The minimum Gasteiger partial charge on any atom is -0.392 e. The number of anilines is 1. The van der Waals surface area contributed by atoms with Gasteiger partial charge in [0.15, 0.2) is 0 Å². The zero-order chi connectivity index (χ0) is 14.8. The maximum atomic E-state index is 12.2. The number of rotatable bonds is 4. The Labute approximate surface area is 124 Å². The number of amides is 1. The third-order valence-corrected chi connectivity index (χ3v) is 4.32. The van der Waals surface area contributed by atoms with Crippen molar-refractivity contribution in [3.63, 3.8) is 0 Å². The van der Waals surface area contributed by atoms with Crippen LogP contribution in [0.3, 0.4) is 0 Å². The summed E-state index contributed by atoms with van der Waals surface area (Å²) in [6.45, 7) is 3.13. The van der Waals surface area contributed by atoms with Crippen molar-refractivity contribution in [2.45, 2.75) is 45.3 Å². The molecule has 3 rings (SSSR count). The predicted molar refractivity (Wildman–Crippen MR) is 84.2 cm³/mol. The lowest BCUT2D eigenvalue weighted by Crippen LogP contribution is -2.28. The average molecular weight is 286 g/mol. The van der Waals surface area contributed by atoms with Crippen molar-refractivity contribution in [2.75, 3.05) is 5.32 Å². The minimum atomic E-state index is -0.488. The van der Waals surface area contributed by atoms with Gasteiger partial charge in [0, 0.05) is 18.4 Å². The largest absolute Gasteiger partial charge is 0.392 e. The molecule has 2 unspecified atom stereocenters. The monoisotopic (exact) mass is 286 g/mol. The van der Waals surface area contributed by atoms with Gasteiger partial charge in [0.05, 0.1) is 17.5 Å². The zero-order valence-corrected chi connectivity index (χ0v) is 12.4. The molecule has 112 valence electrons. The molecule has 1 aromatic heterocycles. The van der Waals surface area contributed by atoms with Crippen LogP contribution in [0.5, 0.6) is 0 Å². The molecule has 4 nitrogen and oxygen atoms in total. The molecule has 4 heteroatoms. The number of aliphatic hydroxyl groups excluding tert-OH is 1. The molecule has 1 amide bonds. The number of hydrogen-bond acceptors (Lipinski definition) is 2. The van der Waals surface area contributed by atoms with Gasteiger partial charge in [-0.2, -0.15) is 0 Å². The van der Waals surface area contributed by atoms with E-state index in [1.54, 1.807) is 0 Å². The fraction of sp³-hybridized carbons (Fsp3) is 0.471. The van der Waals surface area contributed by atoms with Gasteiger partial charge in [0.2, 0.25) is 5.91 Å². The molecule has 0 aliphatic heterocycles. The Morgan fingerprint density at radius 2 is 2.24 bits per heavy atom. The molecule has 2 N–H and O–H groups in total. The number of carbonyl (C=O) groups is 1. The molecule has 1 fully saturated rings. The van der Waals surface area contributed by atoms with Gasteiger partial charge in [-0.15, -0.1) is 0 Å². The molecular weight excluding hydrogens is 264 g/mol. The summed E-state index contributed by atoms with van der Waals surface area (Å²) >= 11 is 0. The van der Waals surface area contributed by atoms with Crippen LogP contribution in [0.15, 0.2) is 30.5 Å². The van der Waals surface area contributed by atoms with Crippen LogP contribution in [0, 0.1) is 5.92 Å². The molecule has 1 aromatic carbocycles. The van der Waals surface area contributed by atoms with E-state index >= 15 is 0 Å².